The lowest BCUT2D eigenvalue weighted by Crippen LogP contribution is -2.50. The Balaban J connectivity index is 1.40. The molecule has 0 radical (unpaired) electrons. The van der Waals surface area contributed by atoms with Crippen molar-refractivity contribution in [1.29, 1.82) is 0 Å². The van der Waals surface area contributed by atoms with Gasteiger partial charge in [0, 0.05) is 23.2 Å². The Morgan fingerprint density at radius 3 is 2.54 bits per heavy atom. The molecule has 2 heterocycles. The average Bonchev–Trinajstić information content (AvgIpc) is 3.16. The number of imide groups is 1. The third-order valence-electron chi connectivity index (χ3n) is 6.33. The molecular weight excluding hydrogens is 594 g/mol. The zero-order valence-corrected chi connectivity index (χ0v) is 22.9. The van der Waals surface area contributed by atoms with Crippen molar-refractivity contribution in [3.8, 4) is 5.75 Å². The van der Waals surface area contributed by atoms with Crippen LogP contribution in [0, 0.1) is 15.3 Å². The Morgan fingerprint density at radius 2 is 1.89 bits per heavy atom. The summed E-state index contributed by atoms with van der Waals surface area (Å²) in [5, 5.41) is 5.20. The number of anilines is 1. The number of amides is 4. The number of benzene rings is 2. The second kappa shape index (κ2) is 12.2. The molecule has 0 aromatic heterocycles. The quantitative estimate of drug-likeness (QED) is 0.328. The fourth-order valence-corrected chi connectivity index (χ4v) is 4.83. The van der Waals surface area contributed by atoms with Gasteiger partial charge in [0.1, 0.15) is 30.3 Å². The molecule has 37 heavy (non-hydrogen) atoms. The van der Waals surface area contributed by atoms with Crippen molar-refractivity contribution in [3.63, 3.8) is 0 Å². The van der Waals surface area contributed by atoms with Crippen molar-refractivity contribution in [2.24, 2.45) is 5.92 Å². The zero-order chi connectivity index (χ0) is 26.5. The number of urea groups is 1. The molecule has 2 aliphatic rings. The van der Waals surface area contributed by atoms with E-state index in [1.165, 1.54) is 12.1 Å². The molecular formula is C26H30FIN4O5. The molecule has 1 unspecified atom stereocenters. The van der Waals surface area contributed by atoms with Gasteiger partial charge in [-0.05, 0) is 64.4 Å². The Hall–Kier alpha value is -2.77. The van der Waals surface area contributed by atoms with Gasteiger partial charge in [-0.15, -0.1) is 0 Å². The summed E-state index contributed by atoms with van der Waals surface area (Å²) < 4.78 is 26.1. The first-order valence-corrected chi connectivity index (χ1v) is 13.2. The normalized spacial score (nSPS) is 19.2. The third-order valence-corrected chi connectivity index (χ3v) is 7.00. The molecule has 11 heteroatoms. The van der Waals surface area contributed by atoms with Gasteiger partial charge in [-0.1, -0.05) is 26.0 Å². The van der Waals surface area contributed by atoms with Crippen molar-refractivity contribution in [2.75, 3.05) is 44.8 Å². The second-order valence-electron chi connectivity index (χ2n) is 9.26. The summed E-state index contributed by atoms with van der Waals surface area (Å²) in [7, 11) is 0. The van der Waals surface area contributed by atoms with Crippen molar-refractivity contribution in [1.82, 2.24) is 15.1 Å². The van der Waals surface area contributed by atoms with E-state index in [-0.39, 0.29) is 5.69 Å². The summed E-state index contributed by atoms with van der Waals surface area (Å²) in [6, 6.07) is 8.64. The largest absolute Gasteiger partial charge is 0.492 e. The first-order chi connectivity index (χ1) is 17.7. The van der Waals surface area contributed by atoms with Gasteiger partial charge >= 0.3 is 6.03 Å². The van der Waals surface area contributed by atoms with Gasteiger partial charge in [0.05, 0.1) is 18.9 Å². The molecule has 2 N–H and O–H groups in total. The summed E-state index contributed by atoms with van der Waals surface area (Å²) in [5.41, 5.74) is 0.567. The Kier molecular flexibility index (Phi) is 8.98. The number of ether oxygens (including phenoxy) is 2. The maximum absolute atomic E-state index is 14.3. The average molecular weight is 624 g/mol. The van der Waals surface area contributed by atoms with Crippen LogP contribution in [0.25, 0.3) is 0 Å². The van der Waals surface area contributed by atoms with E-state index in [9.17, 15) is 18.8 Å². The van der Waals surface area contributed by atoms with Gasteiger partial charge in [0.25, 0.3) is 5.91 Å². The number of rotatable bonds is 9. The Morgan fingerprint density at radius 1 is 1.19 bits per heavy atom. The van der Waals surface area contributed by atoms with Gasteiger partial charge in [0.2, 0.25) is 5.91 Å². The van der Waals surface area contributed by atoms with Crippen LogP contribution in [0.15, 0.2) is 42.5 Å². The number of nitrogens with zero attached hydrogens (tertiary/aromatic N) is 2. The van der Waals surface area contributed by atoms with Crippen molar-refractivity contribution in [2.45, 2.75) is 25.9 Å². The number of hydrogen-bond donors (Lipinski definition) is 2. The molecule has 0 spiro atoms. The molecule has 4 amide bonds. The standard InChI is InChI=1S/C26H30FIN4O5/c1-16(2)23(24(33)29-21-8-5-18(28)15-20(21)27)32-25(34)22(30-26(32)35)17-3-6-19(7-4-17)37-14-11-31-9-12-36-13-10-31/h3-8,15-16,22-23H,9-14H2,1-2H3,(H,29,33)(H,30,35)/t22?,23-/m0/s1. The SMILES string of the molecule is CC(C)[C@@H](C(=O)Nc1ccc(I)cc1F)N1C(=O)NC(c2ccc(OCCN3CCOCC3)cc2)C1=O. The molecule has 2 atom stereocenters. The fraction of sp³-hybridized carbons (Fsp3) is 0.423. The fourth-order valence-electron chi connectivity index (χ4n) is 4.37. The van der Waals surface area contributed by atoms with Gasteiger partial charge in [-0.25, -0.2) is 14.1 Å². The van der Waals surface area contributed by atoms with Crippen LogP contribution in [0.3, 0.4) is 0 Å². The predicted molar refractivity (Wildman–Crippen MR) is 144 cm³/mol. The molecule has 0 saturated carbocycles. The van der Waals surface area contributed by atoms with Crippen LogP contribution >= 0.6 is 22.6 Å². The van der Waals surface area contributed by atoms with E-state index < -0.39 is 41.7 Å². The van der Waals surface area contributed by atoms with Crippen LogP contribution in [0.2, 0.25) is 0 Å². The molecule has 2 aliphatic heterocycles. The van der Waals surface area contributed by atoms with Gasteiger partial charge in [-0.3, -0.25) is 14.5 Å². The van der Waals surface area contributed by atoms with Crippen LogP contribution in [-0.4, -0.2) is 73.1 Å². The molecule has 2 aromatic rings. The lowest BCUT2D eigenvalue weighted by molar-refractivity contribution is -0.135. The maximum Gasteiger partial charge on any atom is 0.325 e. The van der Waals surface area contributed by atoms with E-state index in [1.807, 2.05) is 22.6 Å². The number of carbonyl (C=O) groups is 3. The molecule has 9 nitrogen and oxygen atoms in total. The lowest BCUT2D eigenvalue weighted by Gasteiger charge is -2.27. The first kappa shape index (κ1) is 27.3. The summed E-state index contributed by atoms with van der Waals surface area (Å²) in [6.07, 6.45) is 0. The monoisotopic (exact) mass is 624 g/mol. The highest BCUT2D eigenvalue weighted by Gasteiger charge is 2.46. The first-order valence-electron chi connectivity index (χ1n) is 12.2. The summed E-state index contributed by atoms with van der Waals surface area (Å²) in [4.78, 5) is 42.4. The van der Waals surface area contributed by atoms with Crippen LogP contribution in [-0.2, 0) is 14.3 Å². The minimum Gasteiger partial charge on any atom is -0.492 e. The van der Waals surface area contributed by atoms with E-state index in [0.717, 1.165) is 37.7 Å². The van der Waals surface area contributed by atoms with Gasteiger partial charge < -0.3 is 20.1 Å². The smallest absolute Gasteiger partial charge is 0.325 e. The molecule has 2 aromatic carbocycles. The Labute approximate surface area is 228 Å². The summed E-state index contributed by atoms with van der Waals surface area (Å²) >= 11 is 1.97. The number of halogens is 2. The third kappa shape index (κ3) is 6.57. The minimum atomic E-state index is -1.11. The molecule has 198 valence electrons. The molecule has 0 bridgehead atoms. The van der Waals surface area contributed by atoms with E-state index in [1.54, 1.807) is 44.2 Å². The predicted octanol–water partition coefficient (Wildman–Crippen LogP) is 3.40. The van der Waals surface area contributed by atoms with Crippen LogP contribution in [0.4, 0.5) is 14.9 Å². The topological polar surface area (TPSA) is 100 Å². The minimum absolute atomic E-state index is 0.0103. The van der Waals surface area contributed by atoms with Crippen molar-refractivity contribution >= 4 is 46.1 Å². The van der Waals surface area contributed by atoms with E-state index in [2.05, 4.69) is 15.5 Å². The van der Waals surface area contributed by atoms with Crippen LogP contribution in [0.1, 0.15) is 25.5 Å². The molecule has 0 aliphatic carbocycles. The molecule has 2 fully saturated rings. The molecule has 2 saturated heterocycles. The van der Waals surface area contributed by atoms with Crippen molar-refractivity contribution in [3.05, 3.63) is 57.4 Å². The van der Waals surface area contributed by atoms with Crippen LogP contribution < -0.4 is 15.4 Å². The lowest BCUT2D eigenvalue weighted by atomic mass is 10.0. The van der Waals surface area contributed by atoms with Crippen molar-refractivity contribution < 1.29 is 28.2 Å². The maximum atomic E-state index is 14.3. The van der Waals surface area contributed by atoms with Gasteiger partial charge in [-0.2, -0.15) is 0 Å². The summed E-state index contributed by atoms with van der Waals surface area (Å²) in [5.74, 6) is -1.51. The number of morpholine rings is 1. The van der Waals surface area contributed by atoms with E-state index in [0.29, 0.717) is 21.5 Å². The van der Waals surface area contributed by atoms with E-state index >= 15 is 0 Å². The Bertz CT molecular complexity index is 1140. The highest BCUT2D eigenvalue weighted by Crippen LogP contribution is 2.28. The highest BCUT2D eigenvalue weighted by molar-refractivity contribution is 14.1. The van der Waals surface area contributed by atoms with Crippen LogP contribution in [0.5, 0.6) is 5.75 Å². The molecule has 4 rings (SSSR count). The van der Waals surface area contributed by atoms with Gasteiger partial charge in [0.15, 0.2) is 0 Å². The highest BCUT2D eigenvalue weighted by atomic mass is 127. The number of nitrogens with one attached hydrogen (secondary N) is 2. The number of hydrogen-bond acceptors (Lipinski definition) is 6. The second-order valence-corrected chi connectivity index (χ2v) is 10.5. The zero-order valence-electron chi connectivity index (χ0n) is 20.7. The number of carbonyl (C=O) groups excluding carboxylic acids is 3. The van der Waals surface area contributed by atoms with E-state index in [4.69, 9.17) is 9.47 Å². The summed E-state index contributed by atoms with van der Waals surface area (Å²) in [6.45, 7) is 8.01.